The van der Waals surface area contributed by atoms with Crippen molar-refractivity contribution in [2.24, 2.45) is 0 Å². The van der Waals surface area contributed by atoms with Crippen LogP contribution in [0.3, 0.4) is 0 Å². The summed E-state index contributed by atoms with van der Waals surface area (Å²) in [5.41, 5.74) is 3.06. The summed E-state index contributed by atoms with van der Waals surface area (Å²) < 4.78 is 21.2. The molecule has 2 atom stereocenters. The third kappa shape index (κ3) is 4.39. The number of nitriles is 1. The second kappa shape index (κ2) is 9.16. The van der Waals surface area contributed by atoms with Crippen LogP contribution in [0.4, 0.5) is 4.79 Å². The van der Waals surface area contributed by atoms with Crippen LogP contribution in [0.25, 0.3) is 22.2 Å². The third-order valence-electron chi connectivity index (χ3n) is 6.11. The Balaban J connectivity index is 1.62. The van der Waals surface area contributed by atoms with E-state index in [0.717, 1.165) is 53.8 Å². The molecule has 5 rings (SSSR count). The van der Waals surface area contributed by atoms with Gasteiger partial charge in [0.1, 0.15) is 29.8 Å². The number of carbonyl (C=O) groups excluding carboxylic acids is 1. The standard InChI is InChI=1S/C24H27N5O4/c1-16-7-8-26-24(30)32-11-9-28-15-17(12-18(28)14-25)23-20-13-19(33-16)5-6-21(20)29(27-23)22-4-2-3-10-31-22/h5-6,12-13,15-16,22H,2-4,7-11H2,1H3,(H,26,30)/t16-,22?/m1/s1. The van der Waals surface area contributed by atoms with Gasteiger partial charge >= 0.3 is 6.09 Å². The molecule has 1 amide bonds. The van der Waals surface area contributed by atoms with Crippen molar-refractivity contribution in [1.82, 2.24) is 19.7 Å². The first-order chi connectivity index (χ1) is 16.1. The number of carbonyl (C=O) groups is 1. The molecule has 0 aliphatic carbocycles. The first-order valence-electron chi connectivity index (χ1n) is 11.4. The average molecular weight is 450 g/mol. The molecule has 1 aromatic carbocycles. The van der Waals surface area contributed by atoms with Gasteiger partial charge in [0.25, 0.3) is 0 Å². The minimum atomic E-state index is -0.477. The summed E-state index contributed by atoms with van der Waals surface area (Å²) in [6.45, 7) is 3.69. The molecule has 2 aromatic heterocycles. The van der Waals surface area contributed by atoms with E-state index in [1.807, 2.05) is 42.1 Å². The normalized spacial score (nSPS) is 21.8. The van der Waals surface area contributed by atoms with Crippen molar-refractivity contribution in [3.8, 4) is 23.1 Å². The zero-order valence-corrected chi connectivity index (χ0v) is 18.6. The Labute approximate surface area is 191 Å². The number of cyclic esters (lactones) is 1. The topological polar surface area (TPSA) is 103 Å². The van der Waals surface area contributed by atoms with Crippen LogP contribution in [0, 0.1) is 11.3 Å². The van der Waals surface area contributed by atoms with Crippen molar-refractivity contribution in [2.45, 2.75) is 51.5 Å². The summed E-state index contributed by atoms with van der Waals surface area (Å²) in [5, 5.41) is 18.3. The van der Waals surface area contributed by atoms with Gasteiger partial charge in [-0.05, 0) is 50.5 Å². The van der Waals surface area contributed by atoms with E-state index in [1.165, 1.54) is 0 Å². The second-order valence-electron chi connectivity index (χ2n) is 8.49. The lowest BCUT2D eigenvalue weighted by atomic mass is 10.1. The molecule has 1 N–H and O–H groups in total. The summed E-state index contributed by atoms with van der Waals surface area (Å²) in [6.07, 6.45) is 4.92. The maximum atomic E-state index is 11.9. The number of nitrogens with one attached hydrogen (secondary N) is 1. The zero-order valence-electron chi connectivity index (χ0n) is 18.6. The molecular weight excluding hydrogens is 422 g/mol. The van der Waals surface area contributed by atoms with Gasteiger partial charge in [0.2, 0.25) is 0 Å². The van der Waals surface area contributed by atoms with Crippen molar-refractivity contribution >= 4 is 17.0 Å². The SMILES string of the molecule is C[C@@H]1CCNC(=O)OCCn2cc(cc2C#N)-c2nn(C3CCCCO3)c3ccc(cc23)O1. The van der Waals surface area contributed by atoms with Crippen molar-refractivity contribution in [3.05, 3.63) is 36.2 Å². The predicted molar refractivity (Wildman–Crippen MR) is 121 cm³/mol. The summed E-state index contributed by atoms with van der Waals surface area (Å²) in [4.78, 5) is 11.9. The Morgan fingerprint density at radius 1 is 1.21 bits per heavy atom. The van der Waals surface area contributed by atoms with Crippen LogP contribution in [0.15, 0.2) is 30.5 Å². The van der Waals surface area contributed by atoms with Crippen LogP contribution < -0.4 is 10.1 Å². The van der Waals surface area contributed by atoms with E-state index in [2.05, 4.69) is 11.4 Å². The number of hydrogen-bond donors (Lipinski definition) is 1. The van der Waals surface area contributed by atoms with Crippen LogP contribution in [0.5, 0.6) is 5.75 Å². The highest BCUT2D eigenvalue weighted by Crippen LogP contribution is 2.35. The number of benzene rings is 1. The summed E-state index contributed by atoms with van der Waals surface area (Å²) in [6, 6.07) is 10.0. The van der Waals surface area contributed by atoms with Gasteiger partial charge < -0.3 is 24.1 Å². The highest BCUT2D eigenvalue weighted by Gasteiger charge is 2.23. The third-order valence-corrected chi connectivity index (χ3v) is 6.11. The van der Waals surface area contributed by atoms with Crippen LogP contribution in [-0.2, 0) is 16.0 Å². The van der Waals surface area contributed by atoms with Crippen LogP contribution >= 0.6 is 0 Å². The molecule has 0 spiro atoms. The van der Waals surface area contributed by atoms with Gasteiger partial charge in [-0.3, -0.25) is 0 Å². The van der Waals surface area contributed by atoms with E-state index in [9.17, 15) is 10.1 Å². The van der Waals surface area contributed by atoms with Gasteiger partial charge in [-0.25, -0.2) is 9.48 Å². The fraction of sp³-hybridized carbons (Fsp3) is 0.458. The lowest BCUT2D eigenvalue weighted by Gasteiger charge is -2.23. The van der Waals surface area contributed by atoms with Crippen molar-refractivity contribution in [2.75, 3.05) is 19.8 Å². The molecule has 4 heterocycles. The smallest absolute Gasteiger partial charge is 0.407 e. The minimum Gasteiger partial charge on any atom is -0.491 e. The van der Waals surface area contributed by atoms with Crippen LogP contribution in [-0.4, -0.2) is 46.3 Å². The monoisotopic (exact) mass is 449 g/mol. The maximum absolute atomic E-state index is 11.9. The van der Waals surface area contributed by atoms with E-state index in [0.29, 0.717) is 25.2 Å². The molecule has 1 unspecified atom stereocenters. The van der Waals surface area contributed by atoms with E-state index >= 15 is 0 Å². The fourth-order valence-corrected chi connectivity index (χ4v) is 4.42. The first kappa shape index (κ1) is 21.3. The summed E-state index contributed by atoms with van der Waals surface area (Å²) in [5.74, 6) is 0.731. The number of hydrogen-bond acceptors (Lipinski definition) is 6. The number of rotatable bonds is 1. The average Bonchev–Trinajstić information content (AvgIpc) is 3.40. The minimum absolute atomic E-state index is 0.0953. The Morgan fingerprint density at radius 2 is 2.12 bits per heavy atom. The molecule has 9 heteroatoms. The second-order valence-corrected chi connectivity index (χ2v) is 8.49. The van der Waals surface area contributed by atoms with Crippen LogP contribution in [0.2, 0.25) is 0 Å². The molecule has 0 radical (unpaired) electrons. The molecule has 2 aliphatic rings. The lowest BCUT2D eigenvalue weighted by Crippen LogP contribution is -2.29. The van der Waals surface area contributed by atoms with Crippen molar-refractivity contribution in [1.29, 1.82) is 5.26 Å². The maximum Gasteiger partial charge on any atom is 0.407 e. The molecular formula is C24H27N5O4. The quantitative estimate of drug-likeness (QED) is 0.603. The zero-order chi connectivity index (χ0) is 22.8. The Bertz CT molecular complexity index is 1200. The van der Waals surface area contributed by atoms with Gasteiger partial charge in [0.15, 0.2) is 6.23 Å². The van der Waals surface area contributed by atoms with E-state index < -0.39 is 6.09 Å². The highest BCUT2D eigenvalue weighted by molar-refractivity contribution is 5.94. The van der Waals surface area contributed by atoms with E-state index in [1.54, 1.807) is 4.57 Å². The largest absolute Gasteiger partial charge is 0.491 e. The molecule has 33 heavy (non-hydrogen) atoms. The van der Waals surface area contributed by atoms with Crippen molar-refractivity contribution < 1.29 is 19.0 Å². The van der Waals surface area contributed by atoms with Crippen molar-refractivity contribution in [3.63, 3.8) is 0 Å². The Kier molecular flexibility index (Phi) is 5.92. The fourth-order valence-electron chi connectivity index (χ4n) is 4.42. The number of nitrogens with zero attached hydrogens (tertiary/aromatic N) is 4. The van der Waals surface area contributed by atoms with Gasteiger partial charge in [-0.2, -0.15) is 10.4 Å². The molecule has 0 saturated carbocycles. The van der Waals surface area contributed by atoms with Gasteiger partial charge in [0, 0.05) is 36.7 Å². The predicted octanol–water partition coefficient (Wildman–Crippen LogP) is 3.97. The summed E-state index contributed by atoms with van der Waals surface area (Å²) >= 11 is 0. The number of amides is 1. The van der Waals surface area contributed by atoms with Gasteiger partial charge in [0.05, 0.1) is 18.2 Å². The van der Waals surface area contributed by atoms with Crippen LogP contribution in [0.1, 0.15) is 44.5 Å². The molecule has 1 saturated heterocycles. The molecule has 3 aromatic rings. The first-order valence-corrected chi connectivity index (χ1v) is 11.4. The summed E-state index contributed by atoms with van der Waals surface area (Å²) in [7, 11) is 0. The number of ether oxygens (including phenoxy) is 3. The molecule has 9 nitrogen and oxygen atoms in total. The molecule has 172 valence electrons. The molecule has 4 bridgehead atoms. The number of alkyl carbamates (subject to hydrolysis) is 1. The number of aromatic nitrogens is 3. The lowest BCUT2D eigenvalue weighted by molar-refractivity contribution is -0.0365. The number of fused-ring (bicyclic) bond motifs is 4. The van der Waals surface area contributed by atoms with Gasteiger partial charge in [-0.15, -0.1) is 0 Å². The molecule has 2 aliphatic heterocycles. The van der Waals surface area contributed by atoms with E-state index in [-0.39, 0.29) is 18.9 Å². The van der Waals surface area contributed by atoms with Gasteiger partial charge in [-0.1, -0.05) is 0 Å². The Hall–Kier alpha value is -3.51. The highest BCUT2D eigenvalue weighted by atomic mass is 16.5. The molecule has 1 fully saturated rings. The Morgan fingerprint density at radius 3 is 2.94 bits per heavy atom. The van der Waals surface area contributed by atoms with E-state index in [4.69, 9.17) is 19.3 Å².